The maximum Gasteiger partial charge on any atom is 0.325 e. The number of ether oxygens (including phenoxy) is 1. The lowest BCUT2D eigenvalue weighted by Gasteiger charge is -2.21. The lowest BCUT2D eigenvalue weighted by atomic mass is 9.97. The summed E-state index contributed by atoms with van der Waals surface area (Å²) in [6, 6.07) is 6.55. The minimum absolute atomic E-state index is 0.00870. The van der Waals surface area contributed by atoms with E-state index >= 15 is 0 Å². The third kappa shape index (κ3) is 5.07. The van der Waals surface area contributed by atoms with Crippen molar-refractivity contribution in [1.82, 2.24) is 10.6 Å². The van der Waals surface area contributed by atoms with Crippen molar-refractivity contribution in [3.05, 3.63) is 29.8 Å². The number of carbonyl (C=O) groups excluding carboxylic acids is 3. The van der Waals surface area contributed by atoms with E-state index in [2.05, 4.69) is 20.7 Å². The molecule has 23 heavy (non-hydrogen) atoms. The Bertz CT molecular complexity index is 565. The molecule has 1 aliphatic heterocycles. The summed E-state index contributed by atoms with van der Waals surface area (Å²) in [6.07, 6.45) is 1.67. The molecule has 7 nitrogen and oxygen atoms in total. The molecule has 1 saturated heterocycles. The summed E-state index contributed by atoms with van der Waals surface area (Å²) in [5.41, 5.74) is 1.06. The monoisotopic (exact) mass is 319 g/mol. The number of carbonyl (C=O) groups is 3. The van der Waals surface area contributed by atoms with E-state index in [1.54, 1.807) is 24.3 Å². The SMILES string of the molecule is COC(=O)CNC(=O)c1ccc(NC(=O)C2CCNCC2)cc1. The van der Waals surface area contributed by atoms with Gasteiger partial charge >= 0.3 is 5.97 Å². The van der Waals surface area contributed by atoms with E-state index in [9.17, 15) is 14.4 Å². The summed E-state index contributed by atoms with van der Waals surface area (Å²) in [4.78, 5) is 34.9. The average molecular weight is 319 g/mol. The molecule has 0 aromatic heterocycles. The van der Waals surface area contributed by atoms with Crippen molar-refractivity contribution < 1.29 is 19.1 Å². The number of anilines is 1. The van der Waals surface area contributed by atoms with Crippen LogP contribution < -0.4 is 16.0 Å². The molecule has 1 aromatic carbocycles. The van der Waals surface area contributed by atoms with E-state index in [1.807, 2.05) is 0 Å². The Morgan fingerprint density at radius 2 is 1.83 bits per heavy atom. The number of amides is 2. The highest BCUT2D eigenvalue weighted by atomic mass is 16.5. The van der Waals surface area contributed by atoms with Crippen LogP contribution in [0.4, 0.5) is 5.69 Å². The summed E-state index contributed by atoms with van der Waals surface area (Å²) in [5.74, 6) is -0.843. The molecule has 124 valence electrons. The van der Waals surface area contributed by atoms with Crippen molar-refractivity contribution in [1.29, 1.82) is 0 Å². The second-order valence-corrected chi connectivity index (χ2v) is 5.35. The number of esters is 1. The number of piperidine rings is 1. The Morgan fingerprint density at radius 3 is 2.43 bits per heavy atom. The van der Waals surface area contributed by atoms with Gasteiger partial charge in [0.2, 0.25) is 5.91 Å². The van der Waals surface area contributed by atoms with Gasteiger partial charge < -0.3 is 20.7 Å². The molecule has 1 heterocycles. The third-order valence-electron chi connectivity index (χ3n) is 3.75. The second kappa shape index (κ2) is 8.28. The summed E-state index contributed by atoms with van der Waals surface area (Å²) in [6.45, 7) is 1.54. The number of rotatable bonds is 5. The lowest BCUT2D eigenvalue weighted by molar-refractivity contribution is -0.139. The Morgan fingerprint density at radius 1 is 1.17 bits per heavy atom. The fraction of sp³-hybridized carbons (Fsp3) is 0.438. The Balaban J connectivity index is 1.87. The fourth-order valence-corrected chi connectivity index (χ4v) is 2.36. The number of hydrogen-bond acceptors (Lipinski definition) is 5. The fourth-order valence-electron chi connectivity index (χ4n) is 2.36. The van der Waals surface area contributed by atoms with E-state index in [0.717, 1.165) is 25.9 Å². The maximum atomic E-state index is 12.1. The van der Waals surface area contributed by atoms with Crippen LogP contribution >= 0.6 is 0 Å². The highest BCUT2D eigenvalue weighted by Crippen LogP contribution is 2.16. The standard InChI is InChI=1S/C16H21N3O4/c1-23-14(20)10-18-15(21)11-2-4-13(5-3-11)19-16(22)12-6-8-17-9-7-12/h2-5,12,17H,6-10H2,1H3,(H,18,21)(H,19,22). The molecule has 0 spiro atoms. The van der Waals surface area contributed by atoms with E-state index in [0.29, 0.717) is 11.3 Å². The molecule has 0 aliphatic carbocycles. The first-order chi connectivity index (χ1) is 11.1. The van der Waals surface area contributed by atoms with Crippen LogP contribution in [0.15, 0.2) is 24.3 Å². The zero-order valence-corrected chi connectivity index (χ0v) is 13.1. The van der Waals surface area contributed by atoms with Crippen LogP contribution in [0.2, 0.25) is 0 Å². The zero-order valence-electron chi connectivity index (χ0n) is 13.1. The first kappa shape index (κ1) is 17.0. The Kier molecular flexibility index (Phi) is 6.10. The molecule has 1 aliphatic rings. The summed E-state index contributed by atoms with van der Waals surface area (Å²) >= 11 is 0. The molecular formula is C16H21N3O4. The van der Waals surface area contributed by atoms with Crippen molar-refractivity contribution in [2.24, 2.45) is 5.92 Å². The number of benzene rings is 1. The molecule has 0 atom stereocenters. The number of methoxy groups -OCH3 is 1. The quantitative estimate of drug-likeness (QED) is 0.688. The smallest absolute Gasteiger partial charge is 0.325 e. The normalized spacial score (nSPS) is 14.8. The van der Waals surface area contributed by atoms with Gasteiger partial charge in [0.25, 0.3) is 5.91 Å². The second-order valence-electron chi connectivity index (χ2n) is 5.35. The van der Waals surface area contributed by atoms with E-state index in [-0.39, 0.29) is 24.3 Å². The van der Waals surface area contributed by atoms with Crippen molar-refractivity contribution in [3.8, 4) is 0 Å². The van der Waals surface area contributed by atoms with Gasteiger partial charge in [-0.1, -0.05) is 0 Å². The Hall–Kier alpha value is -2.41. The van der Waals surface area contributed by atoms with E-state index < -0.39 is 5.97 Å². The van der Waals surface area contributed by atoms with Crippen LogP contribution in [0, 0.1) is 5.92 Å². The highest BCUT2D eigenvalue weighted by molar-refractivity contribution is 5.97. The molecule has 1 fully saturated rings. The van der Waals surface area contributed by atoms with Gasteiger partial charge in [0, 0.05) is 17.2 Å². The summed E-state index contributed by atoms with van der Waals surface area (Å²) in [5, 5.41) is 8.54. The van der Waals surface area contributed by atoms with Crippen LogP contribution in [-0.2, 0) is 14.3 Å². The van der Waals surface area contributed by atoms with Crippen LogP contribution in [0.3, 0.4) is 0 Å². The largest absolute Gasteiger partial charge is 0.468 e. The van der Waals surface area contributed by atoms with Crippen molar-refractivity contribution in [2.45, 2.75) is 12.8 Å². The van der Waals surface area contributed by atoms with Crippen LogP contribution in [0.25, 0.3) is 0 Å². The minimum atomic E-state index is -0.510. The summed E-state index contributed by atoms with van der Waals surface area (Å²) < 4.78 is 4.45. The first-order valence-corrected chi connectivity index (χ1v) is 7.57. The van der Waals surface area contributed by atoms with Gasteiger partial charge in [0.05, 0.1) is 7.11 Å². The lowest BCUT2D eigenvalue weighted by Crippen LogP contribution is -2.34. The Labute approximate surface area is 134 Å². The van der Waals surface area contributed by atoms with E-state index in [1.165, 1.54) is 7.11 Å². The van der Waals surface area contributed by atoms with Gasteiger partial charge in [-0.2, -0.15) is 0 Å². The van der Waals surface area contributed by atoms with Gasteiger partial charge in [-0.3, -0.25) is 14.4 Å². The summed E-state index contributed by atoms with van der Waals surface area (Å²) in [7, 11) is 1.26. The molecular weight excluding hydrogens is 298 g/mol. The van der Waals surface area contributed by atoms with Crippen LogP contribution in [-0.4, -0.2) is 44.5 Å². The predicted octanol–water partition coefficient (Wildman–Crippen LogP) is 0.527. The topological polar surface area (TPSA) is 96.5 Å². The first-order valence-electron chi connectivity index (χ1n) is 7.57. The molecule has 7 heteroatoms. The molecule has 0 unspecified atom stereocenters. The van der Waals surface area contributed by atoms with Crippen molar-refractivity contribution >= 4 is 23.5 Å². The molecule has 2 amide bonds. The molecule has 0 radical (unpaired) electrons. The van der Waals surface area contributed by atoms with Crippen molar-refractivity contribution in [3.63, 3.8) is 0 Å². The molecule has 1 aromatic rings. The number of hydrogen-bond donors (Lipinski definition) is 3. The predicted molar refractivity (Wildman–Crippen MR) is 85.0 cm³/mol. The van der Waals surface area contributed by atoms with Gasteiger partial charge in [0.15, 0.2) is 0 Å². The highest BCUT2D eigenvalue weighted by Gasteiger charge is 2.20. The number of nitrogens with one attached hydrogen (secondary N) is 3. The molecule has 0 bridgehead atoms. The third-order valence-corrected chi connectivity index (χ3v) is 3.75. The molecule has 0 saturated carbocycles. The average Bonchev–Trinajstić information content (AvgIpc) is 2.60. The van der Waals surface area contributed by atoms with Crippen LogP contribution in [0.5, 0.6) is 0 Å². The van der Waals surface area contributed by atoms with Crippen LogP contribution in [0.1, 0.15) is 23.2 Å². The van der Waals surface area contributed by atoms with Gasteiger partial charge in [-0.05, 0) is 50.2 Å². The van der Waals surface area contributed by atoms with Gasteiger partial charge in [-0.15, -0.1) is 0 Å². The van der Waals surface area contributed by atoms with Gasteiger partial charge in [0.1, 0.15) is 6.54 Å². The van der Waals surface area contributed by atoms with Gasteiger partial charge in [-0.25, -0.2) is 0 Å². The maximum absolute atomic E-state index is 12.1. The van der Waals surface area contributed by atoms with E-state index in [4.69, 9.17) is 0 Å². The minimum Gasteiger partial charge on any atom is -0.468 e. The van der Waals surface area contributed by atoms with Crippen molar-refractivity contribution in [2.75, 3.05) is 32.1 Å². The molecule has 2 rings (SSSR count). The molecule has 3 N–H and O–H groups in total. The zero-order chi connectivity index (χ0) is 16.7.